The van der Waals surface area contributed by atoms with Crippen molar-refractivity contribution in [1.29, 1.82) is 0 Å². The van der Waals surface area contributed by atoms with Gasteiger partial charge in [0.1, 0.15) is 0 Å². The van der Waals surface area contributed by atoms with Crippen molar-refractivity contribution in [2.24, 2.45) is 11.7 Å². The lowest BCUT2D eigenvalue weighted by molar-refractivity contribution is 0.118. The van der Waals surface area contributed by atoms with E-state index >= 15 is 0 Å². The van der Waals surface area contributed by atoms with Gasteiger partial charge in [-0.1, -0.05) is 37.3 Å². The maximum atomic E-state index is 5.98. The van der Waals surface area contributed by atoms with Gasteiger partial charge in [0.05, 0.1) is 0 Å². The van der Waals surface area contributed by atoms with E-state index in [2.05, 4.69) is 49.1 Å². The molecule has 2 rings (SSSR count). The second-order valence-corrected chi connectivity index (χ2v) is 5.83. The second kappa shape index (κ2) is 6.35. The summed E-state index contributed by atoms with van der Waals surface area (Å²) in [4.78, 5) is 2.62. The summed E-state index contributed by atoms with van der Waals surface area (Å²) in [5.74, 6) is 1.30. The molecule has 3 unspecified atom stereocenters. The van der Waals surface area contributed by atoms with E-state index in [9.17, 15) is 0 Å². The molecule has 0 spiro atoms. The first-order chi connectivity index (χ1) is 8.70. The molecule has 1 heterocycles. The Bertz CT molecular complexity index is 349. The SMILES string of the molecule is CC1CCC(C)N(CC(CN)c2ccccc2)C1. The van der Waals surface area contributed by atoms with E-state index in [1.807, 2.05) is 0 Å². The first-order valence-electron chi connectivity index (χ1n) is 7.19. The van der Waals surface area contributed by atoms with Crippen molar-refractivity contribution < 1.29 is 0 Å². The monoisotopic (exact) mass is 246 g/mol. The molecule has 0 saturated carbocycles. The summed E-state index contributed by atoms with van der Waals surface area (Å²) in [5.41, 5.74) is 7.36. The van der Waals surface area contributed by atoms with E-state index in [4.69, 9.17) is 5.73 Å². The van der Waals surface area contributed by atoms with Gasteiger partial charge in [0.25, 0.3) is 0 Å². The van der Waals surface area contributed by atoms with Gasteiger partial charge < -0.3 is 5.73 Å². The van der Waals surface area contributed by atoms with Gasteiger partial charge in [0, 0.05) is 31.6 Å². The standard InChI is InChI=1S/C16H26N2/c1-13-8-9-14(2)18(11-13)12-16(10-17)15-6-4-3-5-7-15/h3-7,13-14,16H,8-12,17H2,1-2H3. The topological polar surface area (TPSA) is 29.3 Å². The van der Waals surface area contributed by atoms with E-state index < -0.39 is 0 Å². The molecule has 100 valence electrons. The number of benzene rings is 1. The van der Waals surface area contributed by atoms with Gasteiger partial charge >= 0.3 is 0 Å². The quantitative estimate of drug-likeness (QED) is 0.885. The molecule has 0 radical (unpaired) electrons. The van der Waals surface area contributed by atoms with Gasteiger partial charge in [-0.15, -0.1) is 0 Å². The maximum absolute atomic E-state index is 5.98. The minimum Gasteiger partial charge on any atom is -0.330 e. The fraction of sp³-hybridized carbons (Fsp3) is 0.625. The van der Waals surface area contributed by atoms with Gasteiger partial charge in [-0.3, -0.25) is 4.90 Å². The lowest BCUT2D eigenvalue weighted by Gasteiger charge is -2.38. The Kier molecular flexibility index (Phi) is 4.79. The molecule has 3 atom stereocenters. The zero-order chi connectivity index (χ0) is 13.0. The Morgan fingerprint density at radius 1 is 1.22 bits per heavy atom. The van der Waals surface area contributed by atoms with Crippen LogP contribution in [0.3, 0.4) is 0 Å². The summed E-state index contributed by atoms with van der Waals surface area (Å²) in [6.07, 6.45) is 2.70. The molecule has 2 nitrogen and oxygen atoms in total. The fourth-order valence-electron chi connectivity index (χ4n) is 2.96. The van der Waals surface area contributed by atoms with Crippen molar-refractivity contribution in [3.63, 3.8) is 0 Å². The zero-order valence-corrected chi connectivity index (χ0v) is 11.7. The van der Waals surface area contributed by atoms with Crippen LogP contribution < -0.4 is 5.73 Å². The summed E-state index contributed by atoms with van der Waals surface area (Å²) in [6, 6.07) is 11.4. The van der Waals surface area contributed by atoms with Gasteiger partial charge in [-0.2, -0.15) is 0 Å². The summed E-state index contributed by atoms with van der Waals surface area (Å²) in [6.45, 7) is 7.78. The van der Waals surface area contributed by atoms with Crippen molar-refractivity contribution in [3.05, 3.63) is 35.9 Å². The van der Waals surface area contributed by atoms with Crippen LogP contribution in [0.15, 0.2) is 30.3 Å². The third-order valence-electron chi connectivity index (χ3n) is 4.26. The molecule has 0 aliphatic carbocycles. The number of piperidine rings is 1. The number of hydrogen-bond acceptors (Lipinski definition) is 2. The molecule has 1 aromatic carbocycles. The van der Waals surface area contributed by atoms with Crippen LogP contribution in [0.1, 0.15) is 38.2 Å². The summed E-state index contributed by atoms with van der Waals surface area (Å²) in [7, 11) is 0. The number of likely N-dealkylation sites (tertiary alicyclic amines) is 1. The number of rotatable bonds is 4. The van der Waals surface area contributed by atoms with E-state index in [0.29, 0.717) is 12.0 Å². The Labute approximate surface area is 111 Å². The van der Waals surface area contributed by atoms with Crippen LogP contribution >= 0.6 is 0 Å². The fourth-order valence-corrected chi connectivity index (χ4v) is 2.96. The molecule has 0 amide bonds. The first-order valence-corrected chi connectivity index (χ1v) is 7.19. The highest BCUT2D eigenvalue weighted by Gasteiger charge is 2.25. The summed E-state index contributed by atoms with van der Waals surface area (Å²) >= 11 is 0. The van der Waals surface area contributed by atoms with Crippen molar-refractivity contribution in [1.82, 2.24) is 4.90 Å². The largest absolute Gasteiger partial charge is 0.330 e. The van der Waals surface area contributed by atoms with Gasteiger partial charge in [-0.25, -0.2) is 0 Å². The Hall–Kier alpha value is -0.860. The molecule has 1 aromatic rings. The van der Waals surface area contributed by atoms with Crippen LogP contribution in [0.2, 0.25) is 0 Å². The molecule has 18 heavy (non-hydrogen) atoms. The van der Waals surface area contributed by atoms with Gasteiger partial charge in [0.15, 0.2) is 0 Å². The molecule has 2 N–H and O–H groups in total. The predicted molar refractivity (Wildman–Crippen MR) is 77.7 cm³/mol. The minimum atomic E-state index is 0.471. The number of nitrogens with two attached hydrogens (primary N) is 1. The zero-order valence-electron chi connectivity index (χ0n) is 11.7. The van der Waals surface area contributed by atoms with Crippen LogP contribution in [-0.4, -0.2) is 30.6 Å². The molecule has 1 fully saturated rings. The Balaban J connectivity index is 2.01. The highest BCUT2D eigenvalue weighted by atomic mass is 15.2. The summed E-state index contributed by atoms with van der Waals surface area (Å²) in [5, 5.41) is 0. The third-order valence-corrected chi connectivity index (χ3v) is 4.26. The van der Waals surface area contributed by atoms with Crippen molar-refractivity contribution in [3.8, 4) is 0 Å². The number of nitrogens with zero attached hydrogens (tertiary/aromatic N) is 1. The van der Waals surface area contributed by atoms with Crippen LogP contribution in [0, 0.1) is 5.92 Å². The van der Waals surface area contributed by atoms with Gasteiger partial charge in [0.2, 0.25) is 0 Å². The predicted octanol–water partition coefficient (Wildman–Crippen LogP) is 2.85. The van der Waals surface area contributed by atoms with Crippen molar-refractivity contribution in [2.45, 2.75) is 38.6 Å². The number of hydrogen-bond donors (Lipinski definition) is 1. The molecule has 1 aliphatic heterocycles. The Morgan fingerprint density at radius 2 is 1.94 bits per heavy atom. The van der Waals surface area contributed by atoms with Crippen molar-refractivity contribution >= 4 is 0 Å². The van der Waals surface area contributed by atoms with Crippen LogP contribution in [0.4, 0.5) is 0 Å². The van der Waals surface area contributed by atoms with E-state index in [0.717, 1.165) is 19.0 Å². The lowest BCUT2D eigenvalue weighted by atomic mass is 9.92. The molecule has 2 heteroatoms. The lowest BCUT2D eigenvalue weighted by Crippen LogP contribution is -2.44. The maximum Gasteiger partial charge on any atom is 0.00889 e. The second-order valence-electron chi connectivity index (χ2n) is 5.83. The average Bonchev–Trinajstić information content (AvgIpc) is 2.41. The molecule has 1 aliphatic rings. The highest BCUT2D eigenvalue weighted by molar-refractivity contribution is 5.20. The van der Waals surface area contributed by atoms with Gasteiger partial charge in [-0.05, 0) is 31.2 Å². The highest BCUT2D eigenvalue weighted by Crippen LogP contribution is 2.24. The average molecular weight is 246 g/mol. The molecule has 0 bridgehead atoms. The molecule has 1 saturated heterocycles. The smallest absolute Gasteiger partial charge is 0.00889 e. The normalized spacial score (nSPS) is 27.1. The summed E-state index contributed by atoms with van der Waals surface area (Å²) < 4.78 is 0. The van der Waals surface area contributed by atoms with E-state index in [1.165, 1.54) is 24.9 Å². The molecular weight excluding hydrogens is 220 g/mol. The van der Waals surface area contributed by atoms with E-state index in [1.54, 1.807) is 0 Å². The molecular formula is C16H26N2. The third kappa shape index (κ3) is 3.33. The first kappa shape index (κ1) is 13.6. The van der Waals surface area contributed by atoms with Crippen molar-refractivity contribution in [2.75, 3.05) is 19.6 Å². The van der Waals surface area contributed by atoms with Crippen LogP contribution in [0.25, 0.3) is 0 Å². The minimum absolute atomic E-state index is 0.471. The van der Waals surface area contributed by atoms with Crippen LogP contribution in [-0.2, 0) is 0 Å². The van der Waals surface area contributed by atoms with Crippen LogP contribution in [0.5, 0.6) is 0 Å². The Morgan fingerprint density at radius 3 is 2.61 bits per heavy atom. The van der Waals surface area contributed by atoms with E-state index in [-0.39, 0.29) is 0 Å². The molecule has 0 aromatic heterocycles.